The maximum Gasteiger partial charge on any atom is 0.261 e. The highest BCUT2D eigenvalue weighted by atomic mass is 79.9. The normalized spacial score (nSPS) is 18.7. The van der Waals surface area contributed by atoms with E-state index in [1.807, 2.05) is 49.1 Å². The van der Waals surface area contributed by atoms with Crippen molar-refractivity contribution in [1.29, 1.82) is 0 Å². The number of aromatic nitrogens is 2. The van der Waals surface area contributed by atoms with Gasteiger partial charge in [-0.3, -0.25) is 23.9 Å². The van der Waals surface area contributed by atoms with Crippen LogP contribution in [0.5, 0.6) is 0 Å². The molecule has 1 unspecified atom stereocenters. The van der Waals surface area contributed by atoms with Gasteiger partial charge in [0.1, 0.15) is 5.82 Å². The molecule has 3 aromatic rings. The standard InChI is InChI=1S/C31H36BrN5O3.H2S/c1-18(2)35-14-6-7-27(35)28-34-26-17-36(30(39)22-10-13-25(32)19(3)15-22)20(4)16-24(26)31(40)37(28)23-11-8-21(9-12-23)29(38)33-5;/h8-13,15,18,20,27H,6-7,14,16-17H2,1-5H3,(H,33,38);1H2/t20?,27-;/m0./s1. The lowest BCUT2D eigenvalue weighted by atomic mass is 9.97. The first-order chi connectivity index (χ1) is 19.1. The molecule has 1 saturated heterocycles. The number of carbonyl (C=O) groups is 2. The van der Waals surface area contributed by atoms with Gasteiger partial charge in [0, 0.05) is 40.3 Å². The second-order valence-electron chi connectivity index (χ2n) is 11.1. The van der Waals surface area contributed by atoms with E-state index in [0.29, 0.717) is 46.4 Å². The van der Waals surface area contributed by atoms with E-state index in [9.17, 15) is 14.4 Å². The molecule has 2 amide bonds. The fourth-order valence-electron chi connectivity index (χ4n) is 5.96. The number of likely N-dealkylation sites (tertiary alicyclic amines) is 1. The number of nitrogens with zero attached hydrogens (tertiary/aromatic N) is 4. The van der Waals surface area contributed by atoms with E-state index in [1.54, 1.807) is 23.7 Å². The second-order valence-corrected chi connectivity index (χ2v) is 12.0. The number of hydrogen-bond donors (Lipinski definition) is 1. The van der Waals surface area contributed by atoms with Crippen LogP contribution >= 0.6 is 29.4 Å². The van der Waals surface area contributed by atoms with Crippen LogP contribution in [0.4, 0.5) is 0 Å². The Morgan fingerprint density at radius 1 is 1.10 bits per heavy atom. The Balaban J connectivity index is 0.00000387. The summed E-state index contributed by atoms with van der Waals surface area (Å²) in [5.41, 5.74) is 4.07. The Kier molecular flexibility index (Phi) is 9.45. The average molecular weight is 641 g/mol. The lowest BCUT2D eigenvalue weighted by Gasteiger charge is -2.36. The van der Waals surface area contributed by atoms with Crippen molar-refractivity contribution in [2.45, 2.75) is 71.6 Å². The zero-order valence-electron chi connectivity index (χ0n) is 24.2. The van der Waals surface area contributed by atoms with Gasteiger partial charge in [0.05, 0.1) is 24.0 Å². The van der Waals surface area contributed by atoms with Gasteiger partial charge in [-0.1, -0.05) is 15.9 Å². The van der Waals surface area contributed by atoms with Gasteiger partial charge in [-0.25, -0.2) is 4.98 Å². The molecule has 218 valence electrons. The van der Waals surface area contributed by atoms with E-state index >= 15 is 0 Å². The number of aryl methyl sites for hydroxylation is 1. The quantitative estimate of drug-likeness (QED) is 0.429. The third-order valence-electron chi connectivity index (χ3n) is 8.18. The number of carbonyl (C=O) groups excluding carboxylic acids is 2. The summed E-state index contributed by atoms with van der Waals surface area (Å²) in [4.78, 5) is 49.4. The summed E-state index contributed by atoms with van der Waals surface area (Å²) >= 11 is 3.52. The van der Waals surface area contributed by atoms with Crippen molar-refractivity contribution in [3.05, 3.63) is 91.1 Å². The molecule has 2 aliphatic rings. The molecule has 2 atom stereocenters. The van der Waals surface area contributed by atoms with Crippen molar-refractivity contribution in [2.24, 2.45) is 0 Å². The summed E-state index contributed by atoms with van der Waals surface area (Å²) in [7, 11) is 1.60. The minimum Gasteiger partial charge on any atom is -0.355 e. The average Bonchev–Trinajstić information content (AvgIpc) is 3.44. The highest BCUT2D eigenvalue weighted by Gasteiger charge is 2.36. The lowest BCUT2D eigenvalue weighted by Crippen LogP contribution is -2.46. The number of benzene rings is 2. The summed E-state index contributed by atoms with van der Waals surface area (Å²) < 4.78 is 2.70. The van der Waals surface area contributed by atoms with Gasteiger partial charge in [-0.2, -0.15) is 13.5 Å². The lowest BCUT2D eigenvalue weighted by molar-refractivity contribution is 0.0651. The Morgan fingerprint density at radius 2 is 1.78 bits per heavy atom. The van der Waals surface area contributed by atoms with E-state index < -0.39 is 0 Å². The van der Waals surface area contributed by atoms with E-state index in [2.05, 4.69) is 40.0 Å². The second kappa shape index (κ2) is 12.5. The molecule has 41 heavy (non-hydrogen) atoms. The third-order valence-corrected chi connectivity index (χ3v) is 9.07. The number of hydrogen-bond acceptors (Lipinski definition) is 5. The maximum atomic E-state index is 14.2. The van der Waals surface area contributed by atoms with Crippen molar-refractivity contribution in [1.82, 2.24) is 24.7 Å². The molecule has 2 aliphatic heterocycles. The molecule has 1 fully saturated rings. The van der Waals surface area contributed by atoms with Crippen molar-refractivity contribution >= 4 is 41.2 Å². The van der Waals surface area contributed by atoms with Gasteiger partial charge in [-0.15, -0.1) is 0 Å². The first-order valence-corrected chi connectivity index (χ1v) is 14.7. The highest BCUT2D eigenvalue weighted by Crippen LogP contribution is 2.34. The van der Waals surface area contributed by atoms with E-state index in [-0.39, 0.29) is 49.5 Å². The van der Waals surface area contributed by atoms with Gasteiger partial charge >= 0.3 is 0 Å². The zero-order valence-corrected chi connectivity index (χ0v) is 26.8. The Hall–Kier alpha value is -2.95. The Labute approximate surface area is 256 Å². The van der Waals surface area contributed by atoms with Crippen molar-refractivity contribution in [3.63, 3.8) is 0 Å². The topological polar surface area (TPSA) is 87.5 Å². The monoisotopic (exact) mass is 639 g/mol. The van der Waals surface area contributed by atoms with Crippen LogP contribution in [0, 0.1) is 6.92 Å². The third kappa shape index (κ3) is 5.87. The number of amides is 2. The minimum absolute atomic E-state index is 0. The molecule has 0 radical (unpaired) electrons. The molecule has 5 rings (SSSR count). The van der Waals surface area contributed by atoms with Crippen molar-refractivity contribution in [3.8, 4) is 5.69 Å². The Morgan fingerprint density at radius 3 is 2.41 bits per heavy atom. The molecule has 3 heterocycles. The van der Waals surface area contributed by atoms with Gasteiger partial charge in [0.2, 0.25) is 0 Å². The van der Waals surface area contributed by atoms with Crippen LogP contribution in [0.3, 0.4) is 0 Å². The fraction of sp³-hybridized carbons (Fsp3) is 0.419. The predicted molar refractivity (Wildman–Crippen MR) is 169 cm³/mol. The minimum atomic E-state index is -0.177. The van der Waals surface area contributed by atoms with Crippen LogP contribution in [0.15, 0.2) is 51.7 Å². The first kappa shape index (κ1) is 31.0. The predicted octanol–water partition coefficient (Wildman–Crippen LogP) is 4.91. The van der Waals surface area contributed by atoms with Crippen LogP contribution in [-0.4, -0.2) is 56.8 Å². The summed E-state index contributed by atoms with van der Waals surface area (Å²) in [5.74, 6) is 0.462. The molecule has 0 bridgehead atoms. The summed E-state index contributed by atoms with van der Waals surface area (Å²) in [6.45, 7) is 9.52. The first-order valence-electron chi connectivity index (χ1n) is 13.9. The maximum absolute atomic E-state index is 14.2. The smallest absolute Gasteiger partial charge is 0.261 e. The van der Waals surface area contributed by atoms with Gasteiger partial charge in [-0.05, 0) is 102 Å². The number of rotatable bonds is 5. The van der Waals surface area contributed by atoms with Crippen LogP contribution in [-0.2, 0) is 13.0 Å². The van der Waals surface area contributed by atoms with Crippen LogP contribution < -0.4 is 10.9 Å². The molecule has 1 aromatic heterocycles. The molecule has 1 N–H and O–H groups in total. The molecule has 2 aromatic carbocycles. The molecule has 0 spiro atoms. The highest BCUT2D eigenvalue weighted by molar-refractivity contribution is 9.10. The molecular weight excluding hydrogens is 602 g/mol. The summed E-state index contributed by atoms with van der Waals surface area (Å²) in [5, 5.41) is 2.64. The van der Waals surface area contributed by atoms with Crippen LogP contribution in [0.25, 0.3) is 5.69 Å². The van der Waals surface area contributed by atoms with Crippen molar-refractivity contribution < 1.29 is 9.59 Å². The molecule has 0 saturated carbocycles. The number of halogens is 1. The molecule has 0 aliphatic carbocycles. The number of fused-ring (bicyclic) bond motifs is 1. The fourth-order valence-corrected chi connectivity index (χ4v) is 6.20. The van der Waals surface area contributed by atoms with Gasteiger partial charge in [0.15, 0.2) is 0 Å². The SMILES string of the molecule is CNC(=O)c1ccc(-n2c([C@@H]3CCCN3C(C)C)nc3c(c2=O)CC(C)N(C(=O)c2ccc(Br)c(C)c2)C3)cc1.S. The summed E-state index contributed by atoms with van der Waals surface area (Å²) in [6.07, 6.45) is 2.35. The van der Waals surface area contributed by atoms with E-state index in [1.165, 1.54) is 0 Å². The molecular formula is C31H38BrN5O3S. The van der Waals surface area contributed by atoms with Crippen LogP contribution in [0.2, 0.25) is 0 Å². The van der Waals surface area contributed by atoms with E-state index in [0.717, 1.165) is 29.4 Å². The molecule has 8 nitrogen and oxygen atoms in total. The zero-order chi connectivity index (χ0) is 28.7. The van der Waals surface area contributed by atoms with Crippen LogP contribution in [0.1, 0.15) is 83.0 Å². The largest absolute Gasteiger partial charge is 0.355 e. The number of nitrogens with one attached hydrogen (secondary N) is 1. The summed E-state index contributed by atoms with van der Waals surface area (Å²) in [6, 6.07) is 12.9. The molecule has 10 heteroatoms. The Bertz CT molecular complexity index is 1520. The van der Waals surface area contributed by atoms with Gasteiger partial charge in [0.25, 0.3) is 17.4 Å². The van der Waals surface area contributed by atoms with Crippen molar-refractivity contribution in [2.75, 3.05) is 13.6 Å². The van der Waals surface area contributed by atoms with Gasteiger partial charge < -0.3 is 10.2 Å². The van der Waals surface area contributed by atoms with E-state index in [4.69, 9.17) is 4.98 Å².